The van der Waals surface area contributed by atoms with E-state index >= 15 is 0 Å². The van der Waals surface area contributed by atoms with Gasteiger partial charge in [0, 0.05) is 35.1 Å². The Bertz CT molecular complexity index is 1010. The number of nitrogens with one attached hydrogen (secondary N) is 2. The summed E-state index contributed by atoms with van der Waals surface area (Å²) in [6.07, 6.45) is 5.37. The summed E-state index contributed by atoms with van der Waals surface area (Å²) in [5.41, 5.74) is 8.15. The smallest absolute Gasteiger partial charge is 0.202 e. The van der Waals surface area contributed by atoms with Crippen molar-refractivity contribution in [2.75, 3.05) is 12.4 Å². The first-order valence-electron chi connectivity index (χ1n) is 8.26. The zero-order valence-corrected chi connectivity index (χ0v) is 14.3. The molecule has 3 aromatic rings. The third kappa shape index (κ3) is 3.10. The molecule has 0 aliphatic carbocycles. The van der Waals surface area contributed by atoms with E-state index in [2.05, 4.69) is 20.6 Å². The first-order valence-corrected chi connectivity index (χ1v) is 8.26. The van der Waals surface area contributed by atoms with Crippen molar-refractivity contribution >= 4 is 22.5 Å². The van der Waals surface area contributed by atoms with Crippen LogP contribution >= 0.6 is 0 Å². The maximum atomic E-state index is 6.55. The van der Waals surface area contributed by atoms with Crippen LogP contribution in [0, 0.1) is 0 Å². The number of methoxy groups -OCH3 is 1. The molecule has 0 amide bonds. The number of nitrogens with two attached hydrogens (primary N) is 1. The summed E-state index contributed by atoms with van der Waals surface area (Å²) in [5, 5.41) is 7.34. The summed E-state index contributed by atoms with van der Waals surface area (Å²) < 4.78 is 5.25. The molecule has 4 N–H and O–H groups in total. The van der Waals surface area contributed by atoms with Gasteiger partial charge in [-0.15, -0.1) is 0 Å². The zero-order valence-electron chi connectivity index (χ0n) is 14.3. The number of hydrogen-bond donors (Lipinski definition) is 3. The molecule has 2 aromatic carbocycles. The molecular formula is C20H19N5O. The second kappa shape index (κ2) is 6.50. The predicted molar refractivity (Wildman–Crippen MR) is 104 cm³/mol. The van der Waals surface area contributed by atoms with Gasteiger partial charge in [-0.05, 0) is 30.3 Å². The number of pyridine rings is 1. The minimum atomic E-state index is -0.997. The molecule has 0 fully saturated rings. The van der Waals surface area contributed by atoms with E-state index in [-0.39, 0.29) is 0 Å². The first kappa shape index (κ1) is 16.1. The highest BCUT2D eigenvalue weighted by molar-refractivity contribution is 5.95. The number of ether oxygens (including phenoxy) is 1. The van der Waals surface area contributed by atoms with Crippen molar-refractivity contribution in [2.45, 2.75) is 5.66 Å². The van der Waals surface area contributed by atoms with E-state index in [1.807, 2.05) is 60.7 Å². The summed E-state index contributed by atoms with van der Waals surface area (Å²) in [6, 6.07) is 17.6. The molecule has 0 radical (unpaired) electrons. The SMILES string of the molecule is COc1cccc(NC2=NC(N)(c3cnc4ccccc4c3)C=CN2)c1. The Morgan fingerprint density at radius 2 is 2.00 bits per heavy atom. The van der Waals surface area contributed by atoms with Crippen molar-refractivity contribution in [3.05, 3.63) is 78.6 Å². The van der Waals surface area contributed by atoms with Crippen LogP contribution < -0.4 is 21.1 Å². The van der Waals surface area contributed by atoms with Crippen LogP contribution in [0.5, 0.6) is 5.75 Å². The molecule has 1 aliphatic heterocycles. The lowest BCUT2D eigenvalue weighted by Crippen LogP contribution is -2.41. The number of aromatic nitrogens is 1. The molecular weight excluding hydrogens is 326 g/mol. The lowest BCUT2D eigenvalue weighted by Gasteiger charge is -2.27. The molecule has 0 saturated carbocycles. The fraction of sp³-hybridized carbons (Fsp3) is 0.100. The Balaban J connectivity index is 1.65. The fourth-order valence-electron chi connectivity index (χ4n) is 2.85. The molecule has 2 heterocycles. The molecule has 6 nitrogen and oxygen atoms in total. The summed E-state index contributed by atoms with van der Waals surface area (Å²) >= 11 is 0. The quantitative estimate of drug-likeness (QED) is 0.680. The van der Waals surface area contributed by atoms with Crippen molar-refractivity contribution in [2.24, 2.45) is 10.7 Å². The van der Waals surface area contributed by atoms with Gasteiger partial charge >= 0.3 is 0 Å². The maximum absolute atomic E-state index is 6.55. The van der Waals surface area contributed by atoms with Crippen molar-refractivity contribution in [3.63, 3.8) is 0 Å². The zero-order chi connectivity index (χ0) is 18.0. The average molecular weight is 345 g/mol. The van der Waals surface area contributed by atoms with Gasteiger partial charge in [0.15, 0.2) is 5.66 Å². The molecule has 4 rings (SSSR count). The minimum Gasteiger partial charge on any atom is -0.497 e. The highest BCUT2D eigenvalue weighted by atomic mass is 16.5. The summed E-state index contributed by atoms with van der Waals surface area (Å²) in [4.78, 5) is 9.14. The second-order valence-corrected chi connectivity index (χ2v) is 6.04. The van der Waals surface area contributed by atoms with Crippen LogP contribution in [0.15, 0.2) is 78.1 Å². The Labute approximate surface area is 151 Å². The molecule has 1 aromatic heterocycles. The van der Waals surface area contributed by atoms with Crippen molar-refractivity contribution < 1.29 is 4.74 Å². The van der Waals surface area contributed by atoms with Gasteiger partial charge in [0.2, 0.25) is 5.96 Å². The summed E-state index contributed by atoms with van der Waals surface area (Å²) in [6.45, 7) is 0. The lowest BCUT2D eigenvalue weighted by atomic mass is 10.0. The van der Waals surface area contributed by atoms with Gasteiger partial charge in [-0.25, -0.2) is 4.99 Å². The normalized spacial score (nSPS) is 18.9. The molecule has 1 unspecified atom stereocenters. The summed E-state index contributed by atoms with van der Waals surface area (Å²) in [5.74, 6) is 1.32. The largest absolute Gasteiger partial charge is 0.497 e. The van der Waals surface area contributed by atoms with Crippen LogP contribution in [0.25, 0.3) is 10.9 Å². The van der Waals surface area contributed by atoms with Gasteiger partial charge in [0.1, 0.15) is 5.75 Å². The van der Waals surface area contributed by atoms with E-state index in [0.717, 1.165) is 27.9 Å². The number of nitrogens with zero attached hydrogens (tertiary/aromatic N) is 2. The van der Waals surface area contributed by atoms with E-state index in [1.165, 1.54) is 0 Å². The number of para-hydroxylation sites is 1. The van der Waals surface area contributed by atoms with Gasteiger partial charge in [0.25, 0.3) is 0 Å². The van der Waals surface area contributed by atoms with Crippen LogP contribution in [0.4, 0.5) is 5.69 Å². The Morgan fingerprint density at radius 1 is 1.12 bits per heavy atom. The van der Waals surface area contributed by atoms with Gasteiger partial charge in [-0.3, -0.25) is 10.7 Å². The van der Waals surface area contributed by atoms with Crippen molar-refractivity contribution in [3.8, 4) is 5.75 Å². The minimum absolute atomic E-state index is 0.552. The molecule has 6 heteroatoms. The van der Waals surface area contributed by atoms with Crippen LogP contribution in [-0.2, 0) is 5.66 Å². The Morgan fingerprint density at radius 3 is 2.88 bits per heavy atom. The van der Waals surface area contributed by atoms with Gasteiger partial charge in [0.05, 0.1) is 12.6 Å². The lowest BCUT2D eigenvalue weighted by molar-refractivity contribution is 0.415. The van der Waals surface area contributed by atoms with E-state index < -0.39 is 5.66 Å². The molecule has 0 spiro atoms. The second-order valence-electron chi connectivity index (χ2n) is 6.04. The number of rotatable bonds is 3. The topological polar surface area (TPSA) is 84.6 Å². The van der Waals surface area contributed by atoms with Crippen LogP contribution in [0.1, 0.15) is 5.56 Å². The fourth-order valence-corrected chi connectivity index (χ4v) is 2.85. The standard InChI is InChI=1S/C20H19N5O/c1-26-17-7-4-6-16(12-17)24-19-22-10-9-20(21,25-19)15-11-14-5-2-3-8-18(14)23-13-15/h2-13H,21H2,1H3,(H2,22,24,25). The Kier molecular flexibility index (Phi) is 4.02. The maximum Gasteiger partial charge on any atom is 0.202 e. The van der Waals surface area contributed by atoms with Crippen molar-refractivity contribution in [1.82, 2.24) is 10.3 Å². The predicted octanol–water partition coefficient (Wildman–Crippen LogP) is 2.94. The summed E-state index contributed by atoms with van der Waals surface area (Å²) in [7, 11) is 1.63. The third-order valence-corrected chi connectivity index (χ3v) is 4.24. The first-order chi connectivity index (χ1) is 12.7. The van der Waals surface area contributed by atoms with Crippen molar-refractivity contribution in [1.29, 1.82) is 0 Å². The van der Waals surface area contributed by atoms with Gasteiger partial charge < -0.3 is 15.4 Å². The molecule has 1 atom stereocenters. The Hall–Kier alpha value is -3.38. The number of fused-ring (bicyclic) bond motifs is 1. The van der Waals surface area contributed by atoms with Crippen LogP contribution in [0.2, 0.25) is 0 Å². The monoisotopic (exact) mass is 345 g/mol. The number of hydrogen-bond acceptors (Lipinski definition) is 6. The van der Waals surface area contributed by atoms with Crippen LogP contribution in [-0.4, -0.2) is 18.1 Å². The number of aliphatic imine (C=N–C) groups is 1. The van der Waals surface area contributed by atoms with E-state index in [1.54, 1.807) is 19.5 Å². The molecule has 130 valence electrons. The van der Waals surface area contributed by atoms with Crippen LogP contribution in [0.3, 0.4) is 0 Å². The molecule has 1 aliphatic rings. The highest BCUT2D eigenvalue weighted by Gasteiger charge is 2.27. The van der Waals surface area contributed by atoms with E-state index in [9.17, 15) is 0 Å². The van der Waals surface area contributed by atoms with Gasteiger partial charge in [-0.2, -0.15) is 0 Å². The average Bonchev–Trinajstić information content (AvgIpc) is 2.68. The van der Waals surface area contributed by atoms with E-state index in [0.29, 0.717) is 5.96 Å². The number of anilines is 1. The molecule has 0 saturated heterocycles. The third-order valence-electron chi connectivity index (χ3n) is 4.24. The molecule has 0 bridgehead atoms. The number of benzene rings is 2. The molecule has 26 heavy (non-hydrogen) atoms. The highest BCUT2D eigenvalue weighted by Crippen LogP contribution is 2.26. The van der Waals surface area contributed by atoms with E-state index in [4.69, 9.17) is 10.5 Å². The van der Waals surface area contributed by atoms with Gasteiger partial charge in [-0.1, -0.05) is 24.3 Å². The number of guanidine groups is 1.